The van der Waals surface area contributed by atoms with Gasteiger partial charge in [-0.3, -0.25) is 0 Å². The predicted octanol–water partition coefficient (Wildman–Crippen LogP) is 3.51. The van der Waals surface area contributed by atoms with Crippen molar-refractivity contribution in [2.24, 2.45) is 0 Å². The second kappa shape index (κ2) is 3.38. The number of carbonyl (C=O) groups is 1. The average Bonchev–Trinajstić information content (AvgIpc) is 2.46. The summed E-state index contributed by atoms with van der Waals surface area (Å²) in [6, 6.07) is 3.27. The van der Waals surface area contributed by atoms with E-state index < -0.39 is 5.97 Å². The van der Waals surface area contributed by atoms with Gasteiger partial charge in [0.05, 0.1) is 10.0 Å². The number of carboxylic acid groups (broad SMARTS) is 1. The second-order valence-corrected chi connectivity index (χ2v) is 4.24. The summed E-state index contributed by atoms with van der Waals surface area (Å²) < 4.78 is 6.29. The van der Waals surface area contributed by atoms with Gasteiger partial charge in [0.2, 0.25) is 0 Å². The average molecular weight is 269 g/mol. The minimum absolute atomic E-state index is 0.280. The Hall–Kier alpha value is -1.29. The van der Waals surface area contributed by atoms with Crippen molar-refractivity contribution in [2.45, 2.75) is 13.8 Å². The van der Waals surface area contributed by atoms with Gasteiger partial charge in [-0.1, -0.05) is 0 Å². The third kappa shape index (κ3) is 1.45. The molecule has 0 aliphatic carbocycles. The number of furan rings is 1. The summed E-state index contributed by atoms with van der Waals surface area (Å²) in [5.74, 6) is -0.184. The van der Waals surface area contributed by atoms with Gasteiger partial charge in [0, 0.05) is 5.39 Å². The lowest BCUT2D eigenvalue weighted by Crippen LogP contribution is -1.97. The van der Waals surface area contributed by atoms with E-state index in [1.807, 2.05) is 13.8 Å². The van der Waals surface area contributed by atoms with Crippen LogP contribution in [-0.4, -0.2) is 11.1 Å². The first-order valence-corrected chi connectivity index (χ1v) is 5.23. The highest BCUT2D eigenvalue weighted by Crippen LogP contribution is 2.33. The Balaban J connectivity index is 2.96. The van der Waals surface area contributed by atoms with Crippen LogP contribution in [0, 0.1) is 13.8 Å². The second-order valence-electron chi connectivity index (χ2n) is 3.39. The Kier molecular flexibility index (Phi) is 2.31. The topological polar surface area (TPSA) is 50.4 Å². The fraction of sp³-hybridized carbons (Fsp3) is 0.182. The minimum atomic E-state index is -0.934. The van der Waals surface area contributed by atoms with E-state index in [-0.39, 0.29) is 5.56 Å². The molecule has 0 unspecified atom stereocenters. The molecule has 15 heavy (non-hydrogen) atoms. The van der Waals surface area contributed by atoms with Crippen molar-refractivity contribution in [3.8, 4) is 0 Å². The number of aryl methyl sites for hydroxylation is 2. The largest absolute Gasteiger partial charge is 0.478 e. The van der Waals surface area contributed by atoms with Crippen molar-refractivity contribution < 1.29 is 14.3 Å². The predicted molar refractivity (Wildman–Crippen MR) is 60.3 cm³/mol. The van der Waals surface area contributed by atoms with Gasteiger partial charge in [-0.25, -0.2) is 4.79 Å². The van der Waals surface area contributed by atoms with Crippen molar-refractivity contribution in [3.05, 3.63) is 33.5 Å². The summed E-state index contributed by atoms with van der Waals surface area (Å²) in [7, 11) is 0. The maximum absolute atomic E-state index is 11.0. The van der Waals surface area contributed by atoms with Crippen molar-refractivity contribution >= 4 is 32.9 Å². The maximum atomic E-state index is 11.0. The molecule has 1 aromatic heterocycles. The third-order valence-corrected chi connectivity index (χ3v) is 3.12. The van der Waals surface area contributed by atoms with Crippen LogP contribution in [0.3, 0.4) is 0 Å². The van der Waals surface area contributed by atoms with Gasteiger partial charge in [0.15, 0.2) is 0 Å². The Morgan fingerprint density at radius 2 is 2.07 bits per heavy atom. The summed E-state index contributed by atoms with van der Waals surface area (Å²) in [6.07, 6.45) is 0. The molecule has 0 amide bonds. The molecule has 1 aromatic carbocycles. The molecular weight excluding hydrogens is 260 g/mol. The van der Waals surface area contributed by atoms with Crippen LogP contribution in [0.1, 0.15) is 21.7 Å². The lowest BCUT2D eigenvalue weighted by molar-refractivity contribution is 0.0699. The number of carboxylic acids is 1. The highest BCUT2D eigenvalue weighted by molar-refractivity contribution is 9.10. The Morgan fingerprint density at radius 3 is 2.67 bits per heavy atom. The van der Waals surface area contributed by atoms with Crippen LogP contribution in [0.5, 0.6) is 0 Å². The van der Waals surface area contributed by atoms with E-state index in [4.69, 9.17) is 9.52 Å². The molecule has 3 nitrogen and oxygen atoms in total. The van der Waals surface area contributed by atoms with Gasteiger partial charge >= 0.3 is 5.97 Å². The summed E-state index contributed by atoms with van der Waals surface area (Å²) in [5, 5.41) is 9.73. The number of benzene rings is 1. The molecule has 2 rings (SSSR count). The van der Waals surface area contributed by atoms with Crippen molar-refractivity contribution in [1.82, 2.24) is 0 Å². The molecule has 0 atom stereocenters. The zero-order chi connectivity index (χ0) is 11.2. The zero-order valence-electron chi connectivity index (χ0n) is 8.30. The monoisotopic (exact) mass is 268 g/mol. The van der Waals surface area contributed by atoms with Crippen LogP contribution >= 0.6 is 15.9 Å². The van der Waals surface area contributed by atoms with E-state index in [1.54, 1.807) is 12.1 Å². The first-order chi connectivity index (χ1) is 7.02. The molecule has 0 aliphatic heterocycles. The molecule has 78 valence electrons. The van der Waals surface area contributed by atoms with E-state index in [1.165, 1.54) is 0 Å². The minimum Gasteiger partial charge on any atom is -0.478 e. The number of hydrogen-bond acceptors (Lipinski definition) is 2. The molecule has 0 aliphatic rings. The molecule has 0 bridgehead atoms. The van der Waals surface area contributed by atoms with E-state index in [0.717, 1.165) is 15.8 Å². The van der Waals surface area contributed by atoms with E-state index in [0.29, 0.717) is 11.0 Å². The Bertz CT molecular complexity index is 554. The Labute approximate surface area is 94.8 Å². The molecule has 1 N–H and O–H groups in total. The SMILES string of the molecule is Cc1oc2c(Br)ccc(C(=O)O)c2c1C. The van der Waals surface area contributed by atoms with Crippen LogP contribution in [-0.2, 0) is 0 Å². The van der Waals surface area contributed by atoms with Gasteiger partial charge in [-0.15, -0.1) is 0 Å². The van der Waals surface area contributed by atoms with Gasteiger partial charge in [-0.2, -0.15) is 0 Å². The van der Waals surface area contributed by atoms with Gasteiger partial charge in [-0.05, 0) is 47.5 Å². The molecule has 0 fully saturated rings. The third-order valence-electron chi connectivity index (χ3n) is 2.50. The summed E-state index contributed by atoms with van der Waals surface area (Å²) in [6.45, 7) is 3.69. The van der Waals surface area contributed by atoms with Crippen molar-refractivity contribution in [3.63, 3.8) is 0 Å². The molecular formula is C11H9BrO3. The molecule has 0 spiro atoms. The van der Waals surface area contributed by atoms with E-state index in [9.17, 15) is 4.79 Å². The van der Waals surface area contributed by atoms with Gasteiger partial charge in [0.25, 0.3) is 0 Å². The first kappa shape index (κ1) is 10.2. The highest BCUT2D eigenvalue weighted by Gasteiger charge is 2.17. The first-order valence-electron chi connectivity index (χ1n) is 4.44. The highest BCUT2D eigenvalue weighted by atomic mass is 79.9. The van der Waals surface area contributed by atoms with Crippen LogP contribution in [0.15, 0.2) is 21.0 Å². The number of halogens is 1. The van der Waals surface area contributed by atoms with Crippen LogP contribution < -0.4 is 0 Å². The lowest BCUT2D eigenvalue weighted by atomic mass is 10.1. The summed E-state index contributed by atoms with van der Waals surface area (Å²) in [5.41, 5.74) is 1.76. The van der Waals surface area contributed by atoms with Crippen LogP contribution in [0.2, 0.25) is 0 Å². The summed E-state index contributed by atoms with van der Waals surface area (Å²) >= 11 is 3.34. The van der Waals surface area contributed by atoms with E-state index >= 15 is 0 Å². The van der Waals surface area contributed by atoms with Crippen molar-refractivity contribution in [2.75, 3.05) is 0 Å². The lowest BCUT2D eigenvalue weighted by Gasteiger charge is -1.99. The zero-order valence-corrected chi connectivity index (χ0v) is 9.88. The summed E-state index contributed by atoms with van der Waals surface area (Å²) in [4.78, 5) is 11.0. The number of aromatic carboxylic acids is 1. The molecule has 2 aromatic rings. The molecule has 0 saturated carbocycles. The molecule has 0 radical (unpaired) electrons. The number of fused-ring (bicyclic) bond motifs is 1. The molecule has 1 heterocycles. The normalized spacial score (nSPS) is 10.9. The van der Waals surface area contributed by atoms with Gasteiger partial charge < -0.3 is 9.52 Å². The maximum Gasteiger partial charge on any atom is 0.336 e. The van der Waals surface area contributed by atoms with Crippen LogP contribution in [0.4, 0.5) is 0 Å². The fourth-order valence-corrected chi connectivity index (χ4v) is 2.02. The number of hydrogen-bond donors (Lipinski definition) is 1. The number of rotatable bonds is 1. The van der Waals surface area contributed by atoms with Crippen LogP contribution in [0.25, 0.3) is 11.0 Å². The van der Waals surface area contributed by atoms with Crippen molar-refractivity contribution in [1.29, 1.82) is 0 Å². The van der Waals surface area contributed by atoms with E-state index in [2.05, 4.69) is 15.9 Å². The molecule has 4 heteroatoms. The Morgan fingerprint density at radius 1 is 1.40 bits per heavy atom. The fourth-order valence-electron chi connectivity index (χ4n) is 1.61. The standard InChI is InChI=1S/C11H9BrO3/c1-5-6(2)15-10-8(12)4-3-7(9(5)10)11(13)14/h3-4H,1-2H3,(H,13,14). The molecule has 0 saturated heterocycles. The smallest absolute Gasteiger partial charge is 0.336 e. The van der Waals surface area contributed by atoms with Gasteiger partial charge in [0.1, 0.15) is 11.3 Å². The quantitative estimate of drug-likeness (QED) is 0.861.